The molecule has 16 heavy (non-hydrogen) atoms. The van der Waals surface area contributed by atoms with Crippen molar-refractivity contribution in [3.05, 3.63) is 30.0 Å². The van der Waals surface area contributed by atoms with Crippen LogP contribution < -0.4 is 5.32 Å². The molecular weight excluding hydrogens is 218 g/mol. The van der Waals surface area contributed by atoms with Gasteiger partial charge in [0.2, 0.25) is 0 Å². The third-order valence-corrected chi connectivity index (χ3v) is 3.58. The molecule has 0 unspecified atom stereocenters. The Morgan fingerprint density at radius 2 is 2.38 bits per heavy atom. The molecule has 4 heteroatoms. The summed E-state index contributed by atoms with van der Waals surface area (Å²) in [5.41, 5.74) is 3.60. The fourth-order valence-electron chi connectivity index (χ4n) is 1.96. The Hall–Kier alpha value is -1.42. The van der Waals surface area contributed by atoms with Crippen molar-refractivity contribution >= 4 is 33.5 Å². The maximum atomic E-state index is 4.39. The summed E-state index contributed by atoms with van der Waals surface area (Å²) >= 11 is 1.78. The van der Waals surface area contributed by atoms with Gasteiger partial charge in [0, 0.05) is 28.5 Å². The minimum absolute atomic E-state index is 0.929. The van der Waals surface area contributed by atoms with Crippen molar-refractivity contribution in [3.8, 4) is 0 Å². The largest absolute Gasteiger partial charge is 0.361 e. The quantitative estimate of drug-likeness (QED) is 0.792. The molecule has 1 aliphatic heterocycles. The number of amidine groups is 1. The maximum absolute atomic E-state index is 4.39. The first-order chi connectivity index (χ1) is 7.83. The second-order valence-corrected chi connectivity index (χ2v) is 4.98. The molecule has 2 aromatic rings. The summed E-state index contributed by atoms with van der Waals surface area (Å²) < 4.78 is 0. The number of aromatic amines is 1. The van der Waals surface area contributed by atoms with E-state index in [1.807, 2.05) is 6.20 Å². The molecule has 0 spiro atoms. The molecule has 0 radical (unpaired) electrons. The molecular formula is C12H13N3S. The first-order valence-electron chi connectivity index (χ1n) is 5.35. The van der Waals surface area contributed by atoms with Crippen molar-refractivity contribution in [2.75, 3.05) is 17.6 Å². The lowest BCUT2D eigenvalue weighted by molar-refractivity contribution is 1.17. The number of fused-ring (bicyclic) bond motifs is 1. The van der Waals surface area contributed by atoms with Crippen LogP contribution in [0.1, 0.15) is 5.56 Å². The van der Waals surface area contributed by atoms with Crippen LogP contribution >= 0.6 is 11.8 Å². The minimum atomic E-state index is 0.929. The van der Waals surface area contributed by atoms with E-state index in [2.05, 4.69) is 40.4 Å². The number of benzene rings is 1. The number of hydrogen-bond acceptors (Lipinski definition) is 3. The summed E-state index contributed by atoms with van der Waals surface area (Å²) in [4.78, 5) is 7.63. The summed E-state index contributed by atoms with van der Waals surface area (Å²) in [7, 11) is 0. The van der Waals surface area contributed by atoms with E-state index in [-0.39, 0.29) is 0 Å². The zero-order valence-electron chi connectivity index (χ0n) is 9.08. The average Bonchev–Trinajstić information content (AvgIpc) is 2.87. The number of nitrogens with one attached hydrogen (secondary N) is 2. The number of thioether (sulfide) groups is 1. The Morgan fingerprint density at radius 3 is 3.19 bits per heavy atom. The van der Waals surface area contributed by atoms with Crippen molar-refractivity contribution < 1.29 is 0 Å². The molecule has 0 saturated carbocycles. The highest BCUT2D eigenvalue weighted by atomic mass is 32.2. The van der Waals surface area contributed by atoms with Crippen LogP contribution in [-0.2, 0) is 0 Å². The predicted octanol–water partition coefficient (Wildman–Crippen LogP) is 2.99. The third-order valence-electron chi connectivity index (χ3n) is 2.69. The van der Waals surface area contributed by atoms with Gasteiger partial charge in [-0.2, -0.15) is 0 Å². The number of nitrogens with zero attached hydrogens (tertiary/aromatic N) is 1. The summed E-state index contributed by atoms with van der Waals surface area (Å²) in [5, 5.41) is 5.64. The second kappa shape index (κ2) is 3.87. The fourth-order valence-corrected chi connectivity index (χ4v) is 2.71. The number of anilines is 1. The summed E-state index contributed by atoms with van der Waals surface area (Å²) in [6.07, 6.45) is 1.98. The lowest BCUT2D eigenvalue weighted by atomic mass is 10.1. The van der Waals surface area contributed by atoms with Crippen LogP contribution in [-0.4, -0.2) is 22.4 Å². The zero-order chi connectivity index (χ0) is 11.0. The van der Waals surface area contributed by atoms with E-state index < -0.39 is 0 Å². The van der Waals surface area contributed by atoms with Crippen molar-refractivity contribution in [3.63, 3.8) is 0 Å². The Labute approximate surface area is 98.3 Å². The van der Waals surface area contributed by atoms with E-state index in [1.165, 1.54) is 16.5 Å². The number of hydrogen-bond donors (Lipinski definition) is 2. The number of aryl methyl sites for hydroxylation is 1. The number of rotatable bonds is 1. The van der Waals surface area contributed by atoms with Crippen LogP contribution in [0.2, 0.25) is 0 Å². The monoisotopic (exact) mass is 231 g/mol. The molecule has 2 N–H and O–H groups in total. The molecule has 82 valence electrons. The normalized spacial score (nSPS) is 15.4. The molecule has 0 fully saturated rings. The molecule has 1 aromatic carbocycles. The number of aromatic nitrogens is 1. The van der Waals surface area contributed by atoms with Crippen LogP contribution in [0.5, 0.6) is 0 Å². The van der Waals surface area contributed by atoms with Gasteiger partial charge in [-0.1, -0.05) is 11.8 Å². The first-order valence-corrected chi connectivity index (χ1v) is 6.33. The van der Waals surface area contributed by atoms with E-state index in [0.717, 1.165) is 23.2 Å². The van der Waals surface area contributed by atoms with Crippen LogP contribution in [0.25, 0.3) is 10.9 Å². The highest BCUT2D eigenvalue weighted by Gasteiger charge is 2.08. The molecule has 0 saturated heterocycles. The van der Waals surface area contributed by atoms with E-state index in [1.54, 1.807) is 11.8 Å². The lowest BCUT2D eigenvalue weighted by Gasteiger charge is -2.07. The van der Waals surface area contributed by atoms with Gasteiger partial charge in [-0.05, 0) is 30.7 Å². The van der Waals surface area contributed by atoms with Crippen LogP contribution in [0.3, 0.4) is 0 Å². The second-order valence-electron chi connectivity index (χ2n) is 3.90. The third kappa shape index (κ3) is 1.69. The van der Waals surface area contributed by atoms with Gasteiger partial charge < -0.3 is 10.3 Å². The molecule has 0 aliphatic carbocycles. The van der Waals surface area contributed by atoms with Crippen LogP contribution in [0.4, 0.5) is 5.69 Å². The van der Waals surface area contributed by atoms with Crippen LogP contribution in [0, 0.1) is 6.92 Å². The summed E-state index contributed by atoms with van der Waals surface area (Å²) in [6.45, 7) is 3.05. The number of H-pyrrole nitrogens is 1. The summed E-state index contributed by atoms with van der Waals surface area (Å²) in [5.74, 6) is 1.09. The minimum Gasteiger partial charge on any atom is -0.361 e. The van der Waals surface area contributed by atoms with Crippen LogP contribution in [0.15, 0.2) is 29.4 Å². The molecule has 0 amide bonds. The van der Waals surface area contributed by atoms with E-state index in [9.17, 15) is 0 Å². The van der Waals surface area contributed by atoms with Gasteiger partial charge in [0.15, 0.2) is 5.17 Å². The molecule has 1 aliphatic rings. The highest BCUT2D eigenvalue weighted by Crippen LogP contribution is 2.24. The average molecular weight is 231 g/mol. The van der Waals surface area contributed by atoms with Crippen molar-refractivity contribution in [2.45, 2.75) is 6.92 Å². The van der Waals surface area contributed by atoms with E-state index >= 15 is 0 Å². The van der Waals surface area contributed by atoms with Gasteiger partial charge in [-0.3, -0.25) is 4.99 Å². The number of aliphatic imine (C=N–C) groups is 1. The molecule has 0 bridgehead atoms. The summed E-state index contributed by atoms with van der Waals surface area (Å²) in [6, 6.07) is 6.40. The van der Waals surface area contributed by atoms with Gasteiger partial charge in [0.25, 0.3) is 0 Å². The van der Waals surface area contributed by atoms with Crippen molar-refractivity contribution in [2.24, 2.45) is 4.99 Å². The molecule has 1 aromatic heterocycles. The Balaban J connectivity index is 1.97. The highest BCUT2D eigenvalue weighted by molar-refractivity contribution is 8.14. The smallest absolute Gasteiger partial charge is 0.161 e. The SMILES string of the molecule is Cc1cc(NC2=NCCS2)cc2cc[nH]c12. The molecule has 3 nitrogen and oxygen atoms in total. The maximum Gasteiger partial charge on any atom is 0.161 e. The Morgan fingerprint density at radius 1 is 1.44 bits per heavy atom. The van der Waals surface area contributed by atoms with Gasteiger partial charge >= 0.3 is 0 Å². The Bertz CT molecular complexity index is 556. The Kier molecular flexibility index (Phi) is 2.36. The molecule has 3 rings (SSSR count). The standard InChI is InChI=1S/C12H13N3S/c1-8-6-10(15-12-14-4-5-16-12)7-9-2-3-13-11(8)9/h2-3,6-7,13H,4-5H2,1H3,(H,14,15). The predicted molar refractivity (Wildman–Crippen MR) is 71.4 cm³/mol. The van der Waals surface area contributed by atoms with Crippen molar-refractivity contribution in [1.82, 2.24) is 4.98 Å². The molecule has 2 heterocycles. The fraction of sp³-hybridized carbons (Fsp3) is 0.250. The van der Waals surface area contributed by atoms with Gasteiger partial charge in [0.05, 0.1) is 6.54 Å². The molecule has 0 atom stereocenters. The van der Waals surface area contributed by atoms with E-state index in [0.29, 0.717) is 0 Å². The van der Waals surface area contributed by atoms with Crippen molar-refractivity contribution in [1.29, 1.82) is 0 Å². The van der Waals surface area contributed by atoms with Gasteiger partial charge in [-0.25, -0.2) is 0 Å². The topological polar surface area (TPSA) is 40.2 Å². The van der Waals surface area contributed by atoms with Gasteiger partial charge in [0.1, 0.15) is 0 Å². The lowest BCUT2D eigenvalue weighted by Crippen LogP contribution is -2.04. The van der Waals surface area contributed by atoms with E-state index in [4.69, 9.17) is 0 Å². The zero-order valence-corrected chi connectivity index (χ0v) is 9.90. The first kappa shape index (κ1) is 9.78. The van der Waals surface area contributed by atoms with Gasteiger partial charge in [-0.15, -0.1) is 0 Å².